The van der Waals surface area contributed by atoms with Gasteiger partial charge in [0.15, 0.2) is 0 Å². The van der Waals surface area contributed by atoms with Crippen LogP contribution >= 0.6 is 0 Å². The first kappa shape index (κ1) is 15.4. The maximum atomic E-state index is 13.0. The minimum absolute atomic E-state index is 0.261. The molecule has 0 aliphatic heterocycles. The van der Waals surface area contributed by atoms with E-state index in [1.165, 1.54) is 12.1 Å². The summed E-state index contributed by atoms with van der Waals surface area (Å²) < 4.78 is 18.6. The number of aromatic nitrogens is 2. The number of halogens is 1. The van der Waals surface area contributed by atoms with Crippen LogP contribution in [-0.2, 0) is 6.54 Å². The summed E-state index contributed by atoms with van der Waals surface area (Å²) in [5, 5.41) is 3.32. The van der Waals surface area contributed by atoms with Crippen LogP contribution in [-0.4, -0.2) is 16.5 Å². The SMILES string of the molecule is Cc1cc(F)ccc1Oc1ncc(CNCC(C)C)cn1. The van der Waals surface area contributed by atoms with Crippen LogP contribution in [0.3, 0.4) is 0 Å². The molecule has 0 atom stereocenters. The number of aryl methyl sites for hydroxylation is 1. The first-order valence-electron chi connectivity index (χ1n) is 7.00. The van der Waals surface area contributed by atoms with Gasteiger partial charge in [-0.3, -0.25) is 0 Å². The molecule has 0 amide bonds. The normalized spacial score (nSPS) is 10.9. The molecular formula is C16H20FN3O. The second kappa shape index (κ2) is 7.13. The molecule has 0 unspecified atom stereocenters. The molecule has 4 nitrogen and oxygen atoms in total. The van der Waals surface area contributed by atoms with E-state index in [4.69, 9.17) is 4.74 Å². The van der Waals surface area contributed by atoms with Gasteiger partial charge in [-0.15, -0.1) is 0 Å². The fourth-order valence-electron chi connectivity index (χ4n) is 1.82. The van der Waals surface area contributed by atoms with Gasteiger partial charge in [0.25, 0.3) is 0 Å². The van der Waals surface area contributed by atoms with Crippen LogP contribution in [0, 0.1) is 18.7 Å². The Morgan fingerprint density at radius 2 is 1.95 bits per heavy atom. The van der Waals surface area contributed by atoms with Gasteiger partial charge in [0.2, 0.25) is 0 Å². The lowest BCUT2D eigenvalue weighted by Gasteiger charge is -2.08. The van der Waals surface area contributed by atoms with Crippen molar-refractivity contribution in [2.75, 3.05) is 6.54 Å². The predicted molar refractivity (Wildman–Crippen MR) is 79.8 cm³/mol. The third-order valence-electron chi connectivity index (χ3n) is 2.90. The molecule has 1 N–H and O–H groups in total. The fourth-order valence-corrected chi connectivity index (χ4v) is 1.82. The van der Waals surface area contributed by atoms with Crippen LogP contribution in [0.2, 0.25) is 0 Å². The summed E-state index contributed by atoms with van der Waals surface area (Å²) in [7, 11) is 0. The Bertz CT molecular complexity index is 585. The molecule has 0 spiro atoms. The summed E-state index contributed by atoms with van der Waals surface area (Å²) in [6.45, 7) is 7.78. The van der Waals surface area contributed by atoms with Gasteiger partial charge in [0.1, 0.15) is 11.6 Å². The number of nitrogens with one attached hydrogen (secondary N) is 1. The Morgan fingerprint density at radius 3 is 2.57 bits per heavy atom. The van der Waals surface area contributed by atoms with Crippen LogP contribution in [0.4, 0.5) is 4.39 Å². The number of rotatable bonds is 6. The first-order valence-corrected chi connectivity index (χ1v) is 7.00. The Balaban J connectivity index is 1.95. The third-order valence-corrected chi connectivity index (χ3v) is 2.90. The van der Waals surface area contributed by atoms with E-state index in [0.29, 0.717) is 17.2 Å². The molecule has 1 aromatic carbocycles. The van der Waals surface area contributed by atoms with Gasteiger partial charge in [-0.1, -0.05) is 13.8 Å². The summed E-state index contributed by atoms with van der Waals surface area (Å²) in [4.78, 5) is 8.34. The van der Waals surface area contributed by atoms with Crippen molar-refractivity contribution in [1.29, 1.82) is 0 Å². The van der Waals surface area contributed by atoms with Crippen molar-refractivity contribution < 1.29 is 9.13 Å². The second-order valence-electron chi connectivity index (χ2n) is 5.41. The average molecular weight is 289 g/mol. The van der Waals surface area contributed by atoms with Crippen LogP contribution in [0.15, 0.2) is 30.6 Å². The smallest absolute Gasteiger partial charge is 0.321 e. The zero-order valence-corrected chi connectivity index (χ0v) is 12.6. The van der Waals surface area contributed by atoms with Crippen molar-refractivity contribution >= 4 is 0 Å². The zero-order valence-electron chi connectivity index (χ0n) is 12.6. The molecule has 0 aliphatic carbocycles. The molecule has 0 bridgehead atoms. The van der Waals surface area contributed by atoms with Crippen molar-refractivity contribution in [1.82, 2.24) is 15.3 Å². The molecule has 0 aliphatic rings. The molecule has 0 fully saturated rings. The average Bonchev–Trinajstić information content (AvgIpc) is 2.43. The van der Waals surface area contributed by atoms with Crippen molar-refractivity contribution in [3.63, 3.8) is 0 Å². The molecule has 0 radical (unpaired) electrons. The van der Waals surface area contributed by atoms with E-state index in [1.54, 1.807) is 25.4 Å². The monoisotopic (exact) mass is 289 g/mol. The van der Waals surface area contributed by atoms with E-state index in [1.807, 2.05) is 0 Å². The van der Waals surface area contributed by atoms with Crippen molar-refractivity contribution in [2.24, 2.45) is 5.92 Å². The van der Waals surface area contributed by atoms with Gasteiger partial charge < -0.3 is 10.1 Å². The molecule has 5 heteroatoms. The molecule has 2 aromatic rings. The van der Waals surface area contributed by atoms with Crippen LogP contribution in [0.5, 0.6) is 11.8 Å². The summed E-state index contributed by atoms with van der Waals surface area (Å²) in [6, 6.07) is 4.61. The van der Waals surface area contributed by atoms with Gasteiger partial charge in [0.05, 0.1) is 0 Å². The minimum Gasteiger partial charge on any atom is -0.424 e. The fraction of sp³-hybridized carbons (Fsp3) is 0.375. The Labute approximate surface area is 124 Å². The van der Waals surface area contributed by atoms with Crippen LogP contribution in [0.25, 0.3) is 0 Å². The maximum Gasteiger partial charge on any atom is 0.321 e. The predicted octanol–water partition coefficient (Wildman–Crippen LogP) is 3.46. The Kier molecular flexibility index (Phi) is 5.22. The lowest BCUT2D eigenvalue weighted by molar-refractivity contribution is 0.435. The molecule has 0 saturated heterocycles. The number of hydrogen-bond donors (Lipinski definition) is 1. The van der Waals surface area contributed by atoms with E-state index in [-0.39, 0.29) is 11.8 Å². The highest BCUT2D eigenvalue weighted by Crippen LogP contribution is 2.22. The van der Waals surface area contributed by atoms with Crippen molar-refractivity contribution in [2.45, 2.75) is 27.3 Å². The van der Waals surface area contributed by atoms with Gasteiger partial charge in [-0.25, -0.2) is 14.4 Å². The Morgan fingerprint density at radius 1 is 1.24 bits per heavy atom. The van der Waals surface area contributed by atoms with Crippen LogP contribution < -0.4 is 10.1 Å². The zero-order chi connectivity index (χ0) is 15.2. The molecular weight excluding hydrogens is 269 g/mol. The standard InChI is InChI=1S/C16H20FN3O/c1-11(2)7-18-8-13-9-19-16(20-10-13)21-15-5-4-14(17)6-12(15)3/h4-6,9-11,18H,7-8H2,1-3H3. The number of ether oxygens (including phenoxy) is 1. The molecule has 0 saturated carbocycles. The molecule has 1 aromatic heterocycles. The highest BCUT2D eigenvalue weighted by Gasteiger charge is 2.05. The van der Waals surface area contributed by atoms with E-state index in [9.17, 15) is 4.39 Å². The largest absolute Gasteiger partial charge is 0.424 e. The molecule has 2 rings (SSSR count). The van der Waals surface area contributed by atoms with Crippen LogP contribution in [0.1, 0.15) is 25.0 Å². The lowest BCUT2D eigenvalue weighted by atomic mass is 10.2. The van der Waals surface area contributed by atoms with Gasteiger partial charge >= 0.3 is 6.01 Å². The molecule has 21 heavy (non-hydrogen) atoms. The summed E-state index contributed by atoms with van der Waals surface area (Å²) in [5.74, 6) is 0.879. The molecule has 112 valence electrons. The first-order chi connectivity index (χ1) is 10.0. The number of nitrogens with zero attached hydrogens (tertiary/aromatic N) is 2. The highest BCUT2D eigenvalue weighted by molar-refractivity contribution is 5.34. The topological polar surface area (TPSA) is 47.0 Å². The summed E-state index contributed by atoms with van der Waals surface area (Å²) in [5.41, 5.74) is 1.71. The number of benzene rings is 1. The maximum absolute atomic E-state index is 13.0. The third kappa shape index (κ3) is 4.79. The van der Waals surface area contributed by atoms with E-state index >= 15 is 0 Å². The number of hydrogen-bond acceptors (Lipinski definition) is 4. The summed E-state index contributed by atoms with van der Waals surface area (Å²) >= 11 is 0. The highest BCUT2D eigenvalue weighted by atomic mass is 19.1. The van der Waals surface area contributed by atoms with Crippen molar-refractivity contribution in [3.05, 3.63) is 47.5 Å². The van der Waals surface area contributed by atoms with E-state index in [0.717, 1.165) is 18.7 Å². The van der Waals surface area contributed by atoms with Gasteiger partial charge in [0, 0.05) is 24.5 Å². The molecule has 1 heterocycles. The van der Waals surface area contributed by atoms with Crippen molar-refractivity contribution in [3.8, 4) is 11.8 Å². The van der Waals surface area contributed by atoms with Gasteiger partial charge in [-0.2, -0.15) is 0 Å². The quantitative estimate of drug-likeness (QED) is 0.884. The lowest BCUT2D eigenvalue weighted by Crippen LogP contribution is -2.19. The Hall–Kier alpha value is -2.01. The summed E-state index contributed by atoms with van der Waals surface area (Å²) in [6.07, 6.45) is 3.46. The second-order valence-corrected chi connectivity index (χ2v) is 5.41. The van der Waals surface area contributed by atoms with E-state index in [2.05, 4.69) is 29.1 Å². The van der Waals surface area contributed by atoms with Gasteiger partial charge in [-0.05, 0) is 43.1 Å². The van der Waals surface area contributed by atoms with E-state index < -0.39 is 0 Å². The minimum atomic E-state index is -0.285.